The van der Waals surface area contributed by atoms with Gasteiger partial charge >= 0.3 is 0 Å². The monoisotopic (exact) mass is 398 g/mol. The summed E-state index contributed by atoms with van der Waals surface area (Å²) in [5.74, 6) is 1.25. The second-order valence-corrected chi connectivity index (χ2v) is 7.66. The van der Waals surface area contributed by atoms with Gasteiger partial charge in [-0.2, -0.15) is 0 Å². The number of carbonyl (C=O) groups is 1. The Morgan fingerprint density at radius 1 is 1.17 bits per heavy atom. The number of hydrogen-bond donors (Lipinski definition) is 2. The minimum atomic E-state index is -0.0531. The smallest absolute Gasteiger partial charge is 0.254 e. The highest BCUT2D eigenvalue weighted by atomic mass is 16.2. The van der Waals surface area contributed by atoms with E-state index >= 15 is 0 Å². The van der Waals surface area contributed by atoms with Gasteiger partial charge in [0, 0.05) is 23.7 Å². The topological polar surface area (TPSA) is 101 Å². The van der Waals surface area contributed by atoms with Crippen molar-refractivity contribution < 1.29 is 4.79 Å². The Labute approximate surface area is 174 Å². The number of imidazole rings is 1. The second-order valence-electron chi connectivity index (χ2n) is 7.66. The van der Waals surface area contributed by atoms with Crippen molar-refractivity contribution in [2.45, 2.75) is 25.8 Å². The van der Waals surface area contributed by atoms with Crippen LogP contribution in [-0.2, 0) is 0 Å². The van der Waals surface area contributed by atoms with Crippen LogP contribution in [0, 0.1) is 6.92 Å². The zero-order valence-electron chi connectivity index (χ0n) is 16.7. The lowest BCUT2D eigenvalue weighted by molar-refractivity contribution is 0.0730. The summed E-state index contributed by atoms with van der Waals surface area (Å²) in [5, 5.41) is 0. The van der Waals surface area contributed by atoms with Gasteiger partial charge in [0.15, 0.2) is 0 Å². The number of anilines is 1. The molecule has 150 valence electrons. The van der Waals surface area contributed by atoms with E-state index in [1.807, 2.05) is 41.3 Å². The van der Waals surface area contributed by atoms with Crippen molar-refractivity contribution in [2.24, 2.45) is 0 Å². The summed E-state index contributed by atoms with van der Waals surface area (Å²) < 4.78 is 0. The van der Waals surface area contributed by atoms with Gasteiger partial charge in [0.05, 0.1) is 22.8 Å². The molecule has 0 bridgehead atoms. The minimum Gasteiger partial charge on any atom is -0.384 e. The molecule has 0 saturated carbocycles. The van der Waals surface area contributed by atoms with E-state index in [0.717, 1.165) is 40.8 Å². The number of amides is 1. The molecule has 30 heavy (non-hydrogen) atoms. The van der Waals surface area contributed by atoms with Crippen LogP contribution in [0.3, 0.4) is 0 Å². The zero-order chi connectivity index (χ0) is 20.7. The Bertz CT molecular complexity index is 1250. The van der Waals surface area contributed by atoms with Crippen LogP contribution in [-0.4, -0.2) is 37.3 Å². The Morgan fingerprint density at radius 3 is 2.87 bits per heavy atom. The maximum atomic E-state index is 13.4. The number of likely N-dealkylation sites (tertiary alicyclic amines) is 1. The fraction of sp³-hybridized carbons (Fsp3) is 0.217. The summed E-state index contributed by atoms with van der Waals surface area (Å²) in [4.78, 5) is 31.8. The number of nitrogens with two attached hydrogens (primary N) is 1. The van der Waals surface area contributed by atoms with Crippen molar-refractivity contribution in [1.82, 2.24) is 24.8 Å². The maximum absolute atomic E-state index is 13.4. The molecule has 2 aromatic carbocycles. The molecule has 4 aromatic rings. The summed E-state index contributed by atoms with van der Waals surface area (Å²) in [6, 6.07) is 15.2. The van der Waals surface area contributed by atoms with Gasteiger partial charge in [0.25, 0.3) is 5.91 Å². The number of benzene rings is 2. The van der Waals surface area contributed by atoms with E-state index in [2.05, 4.69) is 27.9 Å². The van der Waals surface area contributed by atoms with Crippen LogP contribution < -0.4 is 5.73 Å². The predicted octanol–water partition coefficient (Wildman–Crippen LogP) is 3.89. The van der Waals surface area contributed by atoms with Crippen molar-refractivity contribution >= 4 is 22.8 Å². The highest BCUT2D eigenvalue weighted by Crippen LogP contribution is 2.33. The molecule has 7 heteroatoms. The fourth-order valence-electron chi connectivity index (χ4n) is 4.15. The molecule has 3 N–H and O–H groups in total. The molecule has 3 heterocycles. The first-order valence-corrected chi connectivity index (χ1v) is 10.0. The van der Waals surface area contributed by atoms with Crippen molar-refractivity contribution in [3.8, 4) is 11.3 Å². The summed E-state index contributed by atoms with van der Waals surface area (Å²) in [6.45, 7) is 2.76. The van der Waals surface area contributed by atoms with E-state index in [1.54, 1.807) is 6.07 Å². The summed E-state index contributed by atoms with van der Waals surface area (Å²) in [7, 11) is 0. The Balaban J connectivity index is 1.46. The lowest BCUT2D eigenvalue weighted by Crippen LogP contribution is -2.31. The summed E-state index contributed by atoms with van der Waals surface area (Å²) >= 11 is 0. The van der Waals surface area contributed by atoms with Gasteiger partial charge in [0.1, 0.15) is 18.0 Å². The lowest BCUT2D eigenvalue weighted by Gasteiger charge is -2.23. The van der Waals surface area contributed by atoms with E-state index < -0.39 is 0 Å². The second kappa shape index (κ2) is 7.26. The van der Waals surface area contributed by atoms with Crippen LogP contribution in [0.5, 0.6) is 0 Å². The van der Waals surface area contributed by atoms with E-state index in [4.69, 9.17) is 10.7 Å². The molecular formula is C23H22N6O. The van der Waals surface area contributed by atoms with Crippen LogP contribution in [0.4, 0.5) is 5.82 Å². The molecule has 0 radical (unpaired) electrons. The Kier molecular flexibility index (Phi) is 4.43. The largest absolute Gasteiger partial charge is 0.384 e. The molecular weight excluding hydrogens is 376 g/mol. The van der Waals surface area contributed by atoms with Crippen LogP contribution >= 0.6 is 0 Å². The molecule has 1 aliphatic heterocycles. The van der Waals surface area contributed by atoms with Gasteiger partial charge in [-0.3, -0.25) is 4.79 Å². The molecule has 1 unspecified atom stereocenters. The van der Waals surface area contributed by atoms with Crippen LogP contribution in [0.1, 0.15) is 40.6 Å². The standard InChI is InChI=1S/C23H22N6O/c1-14-5-2-8-17-21(14)28-22(27-17)19-9-4-10-29(19)23(30)16-7-3-6-15(11-16)18-12-20(24)26-13-25-18/h2-3,5-8,11-13,19H,4,9-10H2,1H3,(H,27,28)(H2,24,25,26). The summed E-state index contributed by atoms with van der Waals surface area (Å²) in [5.41, 5.74) is 11.0. The van der Waals surface area contributed by atoms with Crippen LogP contribution in [0.2, 0.25) is 0 Å². The number of aromatic nitrogens is 4. The number of nitrogens with zero attached hydrogens (tertiary/aromatic N) is 4. The van der Waals surface area contributed by atoms with Crippen molar-refractivity contribution in [1.29, 1.82) is 0 Å². The molecule has 0 spiro atoms. The maximum Gasteiger partial charge on any atom is 0.254 e. The average molecular weight is 398 g/mol. The van der Waals surface area contributed by atoms with Gasteiger partial charge in [-0.15, -0.1) is 0 Å². The van der Waals surface area contributed by atoms with Gasteiger partial charge in [-0.05, 0) is 43.5 Å². The molecule has 1 atom stereocenters. The number of H-pyrrole nitrogens is 1. The number of nitrogens with one attached hydrogen (secondary N) is 1. The first kappa shape index (κ1) is 18.3. The van der Waals surface area contributed by atoms with Crippen molar-refractivity contribution in [3.63, 3.8) is 0 Å². The molecule has 1 fully saturated rings. The van der Waals surface area contributed by atoms with Gasteiger partial charge in [0.2, 0.25) is 0 Å². The van der Waals surface area contributed by atoms with Crippen molar-refractivity contribution in [2.75, 3.05) is 12.3 Å². The van der Waals surface area contributed by atoms with E-state index in [1.165, 1.54) is 6.33 Å². The lowest BCUT2D eigenvalue weighted by atomic mass is 10.1. The number of nitrogen functional groups attached to an aromatic ring is 1. The van der Waals surface area contributed by atoms with E-state index in [0.29, 0.717) is 23.6 Å². The number of hydrogen-bond acceptors (Lipinski definition) is 5. The van der Waals surface area contributed by atoms with E-state index in [9.17, 15) is 4.79 Å². The SMILES string of the molecule is Cc1cccc2[nH]c(C3CCCN3C(=O)c3cccc(-c4cc(N)ncn4)c3)nc12. The Hall–Kier alpha value is -3.74. The molecule has 2 aromatic heterocycles. The third kappa shape index (κ3) is 3.18. The number of carbonyl (C=O) groups excluding carboxylic acids is 1. The minimum absolute atomic E-state index is 0.00134. The van der Waals surface area contributed by atoms with Crippen LogP contribution in [0.15, 0.2) is 54.9 Å². The summed E-state index contributed by atoms with van der Waals surface area (Å²) in [6.07, 6.45) is 3.28. The first-order chi connectivity index (χ1) is 14.6. The molecule has 5 rings (SSSR count). The number of aromatic amines is 1. The zero-order valence-corrected chi connectivity index (χ0v) is 16.7. The third-order valence-corrected chi connectivity index (χ3v) is 5.66. The number of rotatable bonds is 3. The molecule has 1 saturated heterocycles. The molecule has 0 aliphatic carbocycles. The number of fused-ring (bicyclic) bond motifs is 1. The van der Waals surface area contributed by atoms with Gasteiger partial charge in [-0.1, -0.05) is 24.3 Å². The number of aryl methyl sites for hydroxylation is 1. The normalized spacial score (nSPS) is 16.3. The Morgan fingerprint density at radius 2 is 2.03 bits per heavy atom. The van der Waals surface area contributed by atoms with Gasteiger partial charge < -0.3 is 15.6 Å². The predicted molar refractivity (Wildman–Crippen MR) is 116 cm³/mol. The highest BCUT2D eigenvalue weighted by molar-refractivity contribution is 5.96. The molecule has 1 amide bonds. The average Bonchev–Trinajstić information content (AvgIpc) is 3.41. The van der Waals surface area contributed by atoms with Crippen molar-refractivity contribution in [3.05, 3.63) is 71.8 Å². The molecule has 7 nitrogen and oxygen atoms in total. The third-order valence-electron chi connectivity index (χ3n) is 5.66. The highest BCUT2D eigenvalue weighted by Gasteiger charge is 2.33. The van der Waals surface area contributed by atoms with E-state index in [-0.39, 0.29) is 11.9 Å². The quantitative estimate of drug-likeness (QED) is 0.545. The fourth-order valence-corrected chi connectivity index (χ4v) is 4.15. The van der Waals surface area contributed by atoms with Crippen LogP contribution in [0.25, 0.3) is 22.3 Å². The number of para-hydroxylation sites is 1. The molecule has 1 aliphatic rings. The van der Waals surface area contributed by atoms with Gasteiger partial charge in [-0.25, -0.2) is 15.0 Å². The first-order valence-electron chi connectivity index (χ1n) is 10.0.